The van der Waals surface area contributed by atoms with E-state index in [0.29, 0.717) is 24.7 Å². The molecule has 1 fully saturated rings. The zero-order valence-electron chi connectivity index (χ0n) is 14.3. The first-order chi connectivity index (χ1) is 12.1. The third-order valence-corrected chi connectivity index (χ3v) is 4.58. The van der Waals surface area contributed by atoms with E-state index in [1.54, 1.807) is 25.1 Å². The summed E-state index contributed by atoms with van der Waals surface area (Å²) in [7, 11) is 0. The maximum absolute atomic E-state index is 14.3. The molecule has 1 heterocycles. The molecule has 0 spiro atoms. The number of halogens is 2. The fraction of sp³-hybridized carbons (Fsp3) is 0.333. The zero-order valence-corrected chi connectivity index (χ0v) is 14.3. The Morgan fingerprint density at radius 1 is 1.12 bits per heavy atom. The standard InChI is InChI=1S/C21H22F2O2/c1-3-14-5-11-18(25-13-14)16-8-6-15(7-9-16)17-10-12-19(24-4-2)21(23)20(17)22/h3,6-10,12,14,18H,1,4-5,11,13H2,2H3. The summed E-state index contributed by atoms with van der Waals surface area (Å²) in [5.74, 6) is -1.49. The largest absolute Gasteiger partial charge is 0.491 e. The number of hydrogen-bond acceptors (Lipinski definition) is 2. The maximum Gasteiger partial charge on any atom is 0.201 e. The summed E-state index contributed by atoms with van der Waals surface area (Å²) in [6, 6.07) is 10.5. The quantitative estimate of drug-likeness (QED) is 0.649. The Bertz CT molecular complexity index is 732. The van der Waals surface area contributed by atoms with Gasteiger partial charge < -0.3 is 9.47 Å². The molecule has 1 aliphatic heterocycles. The maximum atomic E-state index is 14.3. The highest BCUT2D eigenvalue weighted by Crippen LogP contribution is 2.34. The molecule has 0 bridgehead atoms. The van der Waals surface area contributed by atoms with Crippen molar-refractivity contribution in [2.45, 2.75) is 25.9 Å². The second-order valence-electron chi connectivity index (χ2n) is 6.19. The van der Waals surface area contributed by atoms with Crippen LogP contribution in [0.4, 0.5) is 8.78 Å². The van der Waals surface area contributed by atoms with Crippen molar-refractivity contribution in [3.8, 4) is 16.9 Å². The molecule has 1 aliphatic rings. The minimum Gasteiger partial charge on any atom is -0.491 e. The van der Waals surface area contributed by atoms with Crippen molar-refractivity contribution in [3.63, 3.8) is 0 Å². The molecule has 2 atom stereocenters. The van der Waals surface area contributed by atoms with Crippen molar-refractivity contribution in [3.05, 3.63) is 66.3 Å². The predicted octanol–water partition coefficient (Wildman–Crippen LogP) is 5.68. The monoisotopic (exact) mass is 344 g/mol. The number of hydrogen-bond donors (Lipinski definition) is 0. The molecule has 2 unspecified atom stereocenters. The molecule has 2 aromatic rings. The van der Waals surface area contributed by atoms with E-state index in [4.69, 9.17) is 9.47 Å². The van der Waals surface area contributed by atoms with Gasteiger partial charge in [-0.15, -0.1) is 6.58 Å². The normalized spacial score (nSPS) is 20.3. The van der Waals surface area contributed by atoms with Crippen LogP contribution in [0, 0.1) is 17.6 Å². The highest BCUT2D eigenvalue weighted by molar-refractivity contribution is 5.65. The number of rotatable bonds is 5. The molecule has 4 heteroatoms. The lowest BCUT2D eigenvalue weighted by Gasteiger charge is -2.27. The van der Waals surface area contributed by atoms with Crippen molar-refractivity contribution >= 4 is 0 Å². The molecule has 0 aliphatic carbocycles. The van der Waals surface area contributed by atoms with Gasteiger partial charge in [0.2, 0.25) is 5.82 Å². The molecule has 0 saturated carbocycles. The summed E-state index contributed by atoms with van der Waals surface area (Å²) >= 11 is 0. The first-order valence-electron chi connectivity index (χ1n) is 8.59. The van der Waals surface area contributed by atoms with Crippen molar-refractivity contribution in [2.24, 2.45) is 5.92 Å². The summed E-state index contributed by atoms with van der Waals surface area (Å²) in [4.78, 5) is 0. The molecule has 0 aromatic heterocycles. The van der Waals surface area contributed by atoms with Crippen LogP contribution in [0.25, 0.3) is 11.1 Å². The van der Waals surface area contributed by atoms with Gasteiger partial charge in [-0.1, -0.05) is 30.3 Å². The van der Waals surface area contributed by atoms with Crippen LogP contribution in [-0.2, 0) is 4.74 Å². The van der Waals surface area contributed by atoms with E-state index in [0.717, 1.165) is 18.4 Å². The third-order valence-electron chi connectivity index (χ3n) is 4.58. The van der Waals surface area contributed by atoms with E-state index in [1.165, 1.54) is 6.07 Å². The predicted molar refractivity (Wildman–Crippen MR) is 94.6 cm³/mol. The van der Waals surface area contributed by atoms with Gasteiger partial charge in [0, 0.05) is 11.5 Å². The highest BCUT2D eigenvalue weighted by atomic mass is 19.2. The average molecular weight is 344 g/mol. The van der Waals surface area contributed by atoms with Gasteiger partial charge >= 0.3 is 0 Å². The van der Waals surface area contributed by atoms with E-state index in [9.17, 15) is 8.78 Å². The molecule has 132 valence electrons. The molecule has 2 nitrogen and oxygen atoms in total. The fourth-order valence-corrected chi connectivity index (χ4v) is 3.12. The summed E-state index contributed by atoms with van der Waals surface area (Å²) in [6.45, 7) is 6.50. The highest BCUT2D eigenvalue weighted by Gasteiger charge is 2.21. The lowest BCUT2D eigenvalue weighted by atomic mass is 9.93. The van der Waals surface area contributed by atoms with Crippen LogP contribution in [0.5, 0.6) is 5.75 Å². The molecule has 1 saturated heterocycles. The third kappa shape index (κ3) is 3.74. The van der Waals surface area contributed by atoms with E-state index < -0.39 is 11.6 Å². The van der Waals surface area contributed by atoms with Gasteiger partial charge in [0.05, 0.1) is 19.3 Å². The van der Waals surface area contributed by atoms with Gasteiger partial charge in [-0.25, -0.2) is 4.39 Å². The Kier molecular flexibility index (Phi) is 5.49. The van der Waals surface area contributed by atoms with Gasteiger partial charge in [-0.05, 0) is 43.0 Å². The van der Waals surface area contributed by atoms with Crippen LogP contribution >= 0.6 is 0 Å². The SMILES string of the molecule is C=CC1CCC(c2ccc(-c3ccc(OCC)c(F)c3F)cc2)OC1. The number of ether oxygens (including phenoxy) is 2. The van der Waals surface area contributed by atoms with Gasteiger partial charge in [0.25, 0.3) is 0 Å². The lowest BCUT2D eigenvalue weighted by Crippen LogP contribution is -2.19. The van der Waals surface area contributed by atoms with Crippen molar-refractivity contribution < 1.29 is 18.3 Å². The minimum absolute atomic E-state index is 0.0483. The molecular weight excluding hydrogens is 322 g/mol. The second kappa shape index (κ2) is 7.79. The topological polar surface area (TPSA) is 18.5 Å². The van der Waals surface area contributed by atoms with E-state index in [-0.39, 0.29) is 17.4 Å². The summed E-state index contributed by atoms with van der Waals surface area (Å²) < 4.78 is 39.3. The van der Waals surface area contributed by atoms with Crippen LogP contribution in [0.2, 0.25) is 0 Å². The zero-order chi connectivity index (χ0) is 17.8. The first kappa shape index (κ1) is 17.6. The Morgan fingerprint density at radius 3 is 2.48 bits per heavy atom. The van der Waals surface area contributed by atoms with Gasteiger partial charge in [0.15, 0.2) is 11.6 Å². The van der Waals surface area contributed by atoms with E-state index in [1.807, 2.05) is 18.2 Å². The van der Waals surface area contributed by atoms with Crippen molar-refractivity contribution in [1.82, 2.24) is 0 Å². The fourth-order valence-electron chi connectivity index (χ4n) is 3.12. The van der Waals surface area contributed by atoms with Gasteiger partial charge in [-0.3, -0.25) is 0 Å². The van der Waals surface area contributed by atoms with E-state index in [2.05, 4.69) is 6.58 Å². The first-order valence-corrected chi connectivity index (χ1v) is 8.59. The van der Waals surface area contributed by atoms with Crippen LogP contribution in [0.3, 0.4) is 0 Å². The minimum atomic E-state index is -0.950. The van der Waals surface area contributed by atoms with Crippen LogP contribution < -0.4 is 4.74 Å². The Labute approximate surface area is 147 Å². The molecule has 0 amide bonds. The smallest absolute Gasteiger partial charge is 0.201 e. The molecular formula is C21H22F2O2. The second-order valence-corrected chi connectivity index (χ2v) is 6.19. The molecule has 0 N–H and O–H groups in total. The van der Waals surface area contributed by atoms with Crippen molar-refractivity contribution in [1.29, 1.82) is 0 Å². The summed E-state index contributed by atoms with van der Waals surface area (Å²) in [5, 5.41) is 0. The number of benzene rings is 2. The summed E-state index contributed by atoms with van der Waals surface area (Å²) in [6.07, 6.45) is 3.96. The Morgan fingerprint density at radius 2 is 1.88 bits per heavy atom. The van der Waals surface area contributed by atoms with Crippen LogP contribution in [0.1, 0.15) is 31.4 Å². The van der Waals surface area contributed by atoms with Gasteiger partial charge in [-0.2, -0.15) is 4.39 Å². The van der Waals surface area contributed by atoms with Gasteiger partial charge in [0.1, 0.15) is 0 Å². The molecule has 25 heavy (non-hydrogen) atoms. The molecule has 2 aromatic carbocycles. The Hall–Kier alpha value is -2.20. The van der Waals surface area contributed by atoms with Crippen LogP contribution in [0.15, 0.2) is 49.1 Å². The summed E-state index contributed by atoms with van der Waals surface area (Å²) in [5.41, 5.74) is 1.91. The average Bonchev–Trinajstić information content (AvgIpc) is 2.66. The Balaban J connectivity index is 1.79. The van der Waals surface area contributed by atoms with Crippen LogP contribution in [-0.4, -0.2) is 13.2 Å². The molecule has 3 rings (SSSR count). The lowest BCUT2D eigenvalue weighted by molar-refractivity contribution is -0.00513. The molecule has 0 radical (unpaired) electrons. The van der Waals surface area contributed by atoms with E-state index >= 15 is 0 Å². The van der Waals surface area contributed by atoms with Crippen molar-refractivity contribution in [2.75, 3.05) is 13.2 Å².